The van der Waals surface area contributed by atoms with E-state index in [1.165, 1.54) is 4.52 Å². The number of aryl methyl sites for hydroxylation is 3. The molecule has 3 aromatic rings. The van der Waals surface area contributed by atoms with Gasteiger partial charge in [0.1, 0.15) is 5.69 Å². The summed E-state index contributed by atoms with van der Waals surface area (Å²) >= 11 is 0. The molecule has 0 radical (unpaired) electrons. The Labute approximate surface area is 150 Å². The number of amides is 1. The van der Waals surface area contributed by atoms with Crippen molar-refractivity contribution in [3.8, 4) is 0 Å². The molecule has 0 spiro atoms. The fourth-order valence-corrected chi connectivity index (χ4v) is 3.72. The minimum atomic E-state index is -0.109. The SMILES string of the molecule is CCc1c(C)[nH]n2c(=O)cc(C3CCN(C(=O)c4ccn(C)n4)C3)nc12. The molecule has 1 fully saturated rings. The molecule has 4 heterocycles. The van der Waals surface area contributed by atoms with Gasteiger partial charge >= 0.3 is 0 Å². The van der Waals surface area contributed by atoms with Crippen LogP contribution in [0.15, 0.2) is 23.1 Å². The van der Waals surface area contributed by atoms with Gasteiger partial charge in [-0.1, -0.05) is 6.92 Å². The Morgan fingerprint density at radius 3 is 2.92 bits per heavy atom. The number of aromatic amines is 1. The topological polar surface area (TPSA) is 88.3 Å². The number of nitrogens with zero attached hydrogens (tertiary/aromatic N) is 5. The van der Waals surface area contributed by atoms with E-state index in [4.69, 9.17) is 4.98 Å². The lowest BCUT2D eigenvalue weighted by atomic mass is 10.0. The normalized spacial score (nSPS) is 17.3. The van der Waals surface area contributed by atoms with Crippen LogP contribution in [0.25, 0.3) is 5.65 Å². The van der Waals surface area contributed by atoms with Gasteiger partial charge in [-0.05, 0) is 25.8 Å². The smallest absolute Gasteiger partial charge is 0.274 e. The number of likely N-dealkylation sites (tertiary alicyclic amines) is 1. The minimum Gasteiger partial charge on any atom is -0.337 e. The predicted molar refractivity (Wildman–Crippen MR) is 96.4 cm³/mol. The largest absolute Gasteiger partial charge is 0.337 e. The van der Waals surface area contributed by atoms with E-state index in [2.05, 4.69) is 17.1 Å². The van der Waals surface area contributed by atoms with Gasteiger partial charge in [0.2, 0.25) is 0 Å². The van der Waals surface area contributed by atoms with E-state index in [1.807, 2.05) is 6.92 Å². The van der Waals surface area contributed by atoms with Crippen LogP contribution in [-0.2, 0) is 13.5 Å². The van der Waals surface area contributed by atoms with E-state index in [0.717, 1.165) is 29.8 Å². The average molecular weight is 354 g/mol. The highest BCUT2D eigenvalue weighted by Crippen LogP contribution is 2.27. The zero-order valence-electron chi connectivity index (χ0n) is 15.2. The number of fused-ring (bicyclic) bond motifs is 1. The molecule has 1 aliphatic heterocycles. The van der Waals surface area contributed by atoms with Gasteiger partial charge < -0.3 is 4.90 Å². The molecule has 0 bridgehead atoms. The van der Waals surface area contributed by atoms with E-state index in [-0.39, 0.29) is 17.4 Å². The summed E-state index contributed by atoms with van der Waals surface area (Å²) in [6.07, 6.45) is 3.37. The maximum Gasteiger partial charge on any atom is 0.274 e. The van der Waals surface area contributed by atoms with Crippen molar-refractivity contribution in [3.05, 3.63) is 51.3 Å². The second kappa shape index (κ2) is 6.12. The zero-order chi connectivity index (χ0) is 18.4. The Balaban J connectivity index is 1.62. The number of H-pyrrole nitrogens is 1. The molecule has 1 amide bonds. The summed E-state index contributed by atoms with van der Waals surface area (Å²) in [6, 6.07) is 3.31. The Hall–Kier alpha value is -2.90. The Morgan fingerprint density at radius 1 is 1.42 bits per heavy atom. The molecule has 0 saturated carbocycles. The fourth-order valence-electron chi connectivity index (χ4n) is 3.72. The monoisotopic (exact) mass is 354 g/mol. The summed E-state index contributed by atoms with van der Waals surface area (Å²) in [7, 11) is 1.79. The van der Waals surface area contributed by atoms with E-state index < -0.39 is 0 Å². The van der Waals surface area contributed by atoms with Crippen molar-refractivity contribution >= 4 is 11.6 Å². The molecule has 1 N–H and O–H groups in total. The van der Waals surface area contributed by atoms with Crippen LogP contribution in [0.1, 0.15) is 46.7 Å². The van der Waals surface area contributed by atoms with Crippen LogP contribution in [-0.4, -0.2) is 48.3 Å². The summed E-state index contributed by atoms with van der Waals surface area (Å²) in [6.45, 7) is 5.21. The summed E-state index contributed by atoms with van der Waals surface area (Å²) in [4.78, 5) is 31.6. The van der Waals surface area contributed by atoms with E-state index in [0.29, 0.717) is 24.4 Å². The minimum absolute atomic E-state index is 0.0697. The number of carbonyl (C=O) groups excluding carboxylic acids is 1. The molecule has 26 heavy (non-hydrogen) atoms. The van der Waals surface area contributed by atoms with Crippen molar-refractivity contribution in [1.29, 1.82) is 0 Å². The number of hydrogen-bond acceptors (Lipinski definition) is 4. The zero-order valence-corrected chi connectivity index (χ0v) is 15.2. The van der Waals surface area contributed by atoms with E-state index >= 15 is 0 Å². The van der Waals surface area contributed by atoms with Crippen LogP contribution in [0.5, 0.6) is 0 Å². The van der Waals surface area contributed by atoms with Crippen LogP contribution in [0.3, 0.4) is 0 Å². The van der Waals surface area contributed by atoms with Gasteiger partial charge in [0, 0.05) is 49.6 Å². The van der Waals surface area contributed by atoms with Crippen LogP contribution >= 0.6 is 0 Å². The quantitative estimate of drug-likeness (QED) is 0.767. The molecule has 1 atom stereocenters. The molecule has 8 nitrogen and oxygen atoms in total. The molecular weight excluding hydrogens is 332 g/mol. The van der Waals surface area contributed by atoms with Gasteiger partial charge in [-0.25, -0.2) is 9.50 Å². The third-order valence-electron chi connectivity index (χ3n) is 5.12. The van der Waals surface area contributed by atoms with Gasteiger partial charge in [0.25, 0.3) is 11.5 Å². The van der Waals surface area contributed by atoms with Crippen molar-refractivity contribution in [2.24, 2.45) is 7.05 Å². The maximum absolute atomic E-state index is 12.6. The number of nitrogens with one attached hydrogen (secondary N) is 1. The number of aromatic nitrogens is 5. The Morgan fingerprint density at radius 2 is 2.23 bits per heavy atom. The van der Waals surface area contributed by atoms with Gasteiger partial charge in [0.15, 0.2) is 5.65 Å². The highest BCUT2D eigenvalue weighted by molar-refractivity contribution is 5.92. The molecule has 4 rings (SSSR count). The van der Waals surface area contributed by atoms with Crippen molar-refractivity contribution < 1.29 is 4.79 Å². The first-order valence-corrected chi connectivity index (χ1v) is 8.88. The third-order valence-corrected chi connectivity index (χ3v) is 5.12. The molecular formula is C18H22N6O2. The molecule has 0 aromatic carbocycles. The van der Waals surface area contributed by atoms with Crippen molar-refractivity contribution in [2.75, 3.05) is 13.1 Å². The van der Waals surface area contributed by atoms with Crippen LogP contribution in [0.4, 0.5) is 0 Å². The summed E-state index contributed by atoms with van der Waals surface area (Å²) < 4.78 is 3.13. The highest BCUT2D eigenvalue weighted by atomic mass is 16.2. The lowest BCUT2D eigenvalue weighted by Crippen LogP contribution is -2.29. The second-order valence-corrected chi connectivity index (χ2v) is 6.86. The molecule has 3 aromatic heterocycles. The lowest BCUT2D eigenvalue weighted by molar-refractivity contribution is 0.0784. The molecule has 0 aliphatic carbocycles. The Kier molecular flexibility index (Phi) is 3.90. The molecule has 136 valence electrons. The first-order valence-electron chi connectivity index (χ1n) is 8.88. The molecule has 8 heteroatoms. The summed E-state index contributed by atoms with van der Waals surface area (Å²) in [5.74, 6) is -0.00193. The number of rotatable bonds is 3. The van der Waals surface area contributed by atoms with Crippen molar-refractivity contribution in [2.45, 2.75) is 32.6 Å². The maximum atomic E-state index is 12.6. The number of carbonyl (C=O) groups is 1. The lowest BCUT2D eigenvalue weighted by Gasteiger charge is -2.15. The van der Waals surface area contributed by atoms with E-state index in [1.54, 1.807) is 35.0 Å². The average Bonchev–Trinajstić information content (AvgIpc) is 3.32. The standard InChI is InChI=1S/C18H22N6O2/c1-4-13-11(2)20-24-16(25)9-15(19-17(13)24)12-5-8-23(10-12)18(26)14-6-7-22(3)21-14/h6-7,9,12,20H,4-5,8,10H2,1-3H3. The molecule has 1 saturated heterocycles. The van der Waals surface area contributed by atoms with Crippen molar-refractivity contribution in [1.82, 2.24) is 29.3 Å². The van der Waals surface area contributed by atoms with Gasteiger partial charge in [-0.15, -0.1) is 0 Å². The first-order chi connectivity index (χ1) is 12.5. The van der Waals surface area contributed by atoms with Crippen molar-refractivity contribution in [3.63, 3.8) is 0 Å². The van der Waals surface area contributed by atoms with Crippen LogP contribution < -0.4 is 5.56 Å². The fraction of sp³-hybridized carbons (Fsp3) is 0.444. The van der Waals surface area contributed by atoms with Gasteiger partial charge in [-0.2, -0.15) is 5.10 Å². The summed E-state index contributed by atoms with van der Waals surface area (Å²) in [5.41, 5.74) is 3.83. The predicted octanol–water partition coefficient (Wildman–Crippen LogP) is 1.26. The number of hydrogen-bond donors (Lipinski definition) is 1. The highest BCUT2D eigenvalue weighted by Gasteiger charge is 2.30. The first kappa shape index (κ1) is 16.6. The van der Waals surface area contributed by atoms with Crippen LogP contribution in [0.2, 0.25) is 0 Å². The molecule has 1 unspecified atom stereocenters. The second-order valence-electron chi connectivity index (χ2n) is 6.86. The van der Waals surface area contributed by atoms with Gasteiger partial charge in [0.05, 0.1) is 5.69 Å². The Bertz CT molecular complexity index is 1040. The molecule has 1 aliphatic rings. The van der Waals surface area contributed by atoms with E-state index in [9.17, 15) is 9.59 Å². The summed E-state index contributed by atoms with van der Waals surface area (Å²) in [5, 5.41) is 7.27. The van der Waals surface area contributed by atoms with Crippen LogP contribution in [0, 0.1) is 6.92 Å². The van der Waals surface area contributed by atoms with Gasteiger partial charge in [-0.3, -0.25) is 19.4 Å². The third kappa shape index (κ3) is 2.61.